The maximum absolute atomic E-state index is 12.2. The number of rotatable bonds is 4. The molecule has 4 atom stereocenters. The highest BCUT2D eigenvalue weighted by molar-refractivity contribution is 7.13. The molecule has 0 spiro atoms. The first-order chi connectivity index (χ1) is 11.2. The van der Waals surface area contributed by atoms with Crippen molar-refractivity contribution >= 4 is 22.5 Å². The van der Waals surface area contributed by atoms with E-state index in [0.29, 0.717) is 30.7 Å². The van der Waals surface area contributed by atoms with Crippen molar-refractivity contribution in [1.29, 1.82) is 0 Å². The Balaban J connectivity index is 1.37. The molecule has 2 bridgehead atoms. The number of nitrogens with one attached hydrogen (secondary N) is 2. The monoisotopic (exact) mass is 337 g/mol. The molecule has 4 rings (SSSR count). The van der Waals surface area contributed by atoms with Gasteiger partial charge in [-0.2, -0.15) is 0 Å². The van der Waals surface area contributed by atoms with Crippen LogP contribution in [0.1, 0.15) is 43.7 Å². The number of carbonyl (C=O) groups is 1. The Kier molecular flexibility index (Phi) is 4.03. The molecule has 1 aromatic heterocycles. The summed E-state index contributed by atoms with van der Waals surface area (Å²) in [6.45, 7) is 0.798. The summed E-state index contributed by atoms with van der Waals surface area (Å²) in [4.78, 5) is 16.8. The van der Waals surface area contributed by atoms with Crippen molar-refractivity contribution in [2.24, 2.45) is 11.8 Å². The Hall–Kier alpha value is -1.18. The number of aliphatic hydroxyl groups excluding tert-OH is 1. The standard InChI is InChI=1S/C16H23N3O3S/c20-8-16(3-4-22-9-16)19-14(21)18-15-17-13(7-23-15)12-6-10-1-2-11(12)5-10/h7,10-12,20H,1-6,8-9H2,(H2,17,18,19,21)/t10-,11-,12+,16-/m0/s1. The van der Waals surface area contributed by atoms with Gasteiger partial charge in [-0.1, -0.05) is 6.42 Å². The molecule has 126 valence electrons. The van der Waals surface area contributed by atoms with E-state index in [2.05, 4.69) is 21.0 Å². The quantitative estimate of drug-likeness (QED) is 0.787. The number of anilines is 1. The number of aliphatic hydroxyl groups is 1. The smallest absolute Gasteiger partial charge is 0.321 e. The Labute approximate surface area is 139 Å². The molecule has 0 aromatic carbocycles. The Morgan fingerprint density at radius 3 is 3.04 bits per heavy atom. The first-order valence-corrected chi connectivity index (χ1v) is 9.29. The van der Waals surface area contributed by atoms with Gasteiger partial charge in [0.05, 0.1) is 24.4 Å². The Morgan fingerprint density at radius 2 is 2.39 bits per heavy atom. The van der Waals surface area contributed by atoms with E-state index < -0.39 is 5.54 Å². The van der Waals surface area contributed by atoms with Gasteiger partial charge in [0.2, 0.25) is 0 Å². The SMILES string of the molecule is O=C(Nc1nc([C@@H]2C[C@H]3CC[C@H]2C3)cs1)N[C@]1(CO)CCOC1. The van der Waals surface area contributed by atoms with Gasteiger partial charge >= 0.3 is 6.03 Å². The summed E-state index contributed by atoms with van der Waals surface area (Å²) in [6.07, 6.45) is 5.94. The van der Waals surface area contributed by atoms with Crippen LogP contribution in [0.25, 0.3) is 0 Å². The molecule has 3 aliphatic rings. The average molecular weight is 337 g/mol. The van der Waals surface area contributed by atoms with Crippen LogP contribution >= 0.6 is 11.3 Å². The second-order valence-electron chi connectivity index (χ2n) is 7.18. The second kappa shape index (κ2) is 6.03. The molecular formula is C16H23N3O3S. The van der Waals surface area contributed by atoms with E-state index in [1.165, 1.54) is 37.0 Å². The van der Waals surface area contributed by atoms with Crippen LogP contribution in [0.4, 0.5) is 9.93 Å². The van der Waals surface area contributed by atoms with Crippen molar-refractivity contribution in [1.82, 2.24) is 10.3 Å². The number of ether oxygens (including phenoxy) is 1. The molecule has 6 nitrogen and oxygen atoms in total. The molecule has 7 heteroatoms. The van der Waals surface area contributed by atoms with Gasteiger partial charge in [-0.3, -0.25) is 5.32 Å². The second-order valence-corrected chi connectivity index (χ2v) is 8.04. The number of hydrogen-bond acceptors (Lipinski definition) is 5. The van der Waals surface area contributed by atoms with Crippen LogP contribution in [-0.2, 0) is 4.74 Å². The summed E-state index contributed by atoms with van der Waals surface area (Å²) in [7, 11) is 0. The van der Waals surface area contributed by atoms with Gasteiger partial charge in [0.25, 0.3) is 0 Å². The third-order valence-corrected chi connectivity index (χ3v) is 6.42. The van der Waals surface area contributed by atoms with Crippen LogP contribution in [-0.4, -0.2) is 41.5 Å². The summed E-state index contributed by atoms with van der Waals surface area (Å²) >= 11 is 1.48. The molecule has 1 aliphatic heterocycles. The molecule has 23 heavy (non-hydrogen) atoms. The zero-order valence-corrected chi connectivity index (χ0v) is 13.9. The van der Waals surface area contributed by atoms with E-state index in [1.54, 1.807) is 0 Å². The zero-order chi connectivity index (χ0) is 15.9. The molecule has 1 saturated heterocycles. The third-order valence-electron chi connectivity index (χ3n) is 5.65. The fraction of sp³-hybridized carbons (Fsp3) is 0.750. The predicted molar refractivity (Wildman–Crippen MR) is 87.7 cm³/mol. The van der Waals surface area contributed by atoms with Crippen LogP contribution in [0, 0.1) is 11.8 Å². The lowest BCUT2D eigenvalue weighted by atomic mass is 9.87. The van der Waals surface area contributed by atoms with Gasteiger partial charge < -0.3 is 15.2 Å². The van der Waals surface area contributed by atoms with E-state index in [-0.39, 0.29) is 12.6 Å². The molecular weight excluding hydrogens is 314 g/mol. The summed E-state index contributed by atoms with van der Waals surface area (Å²) in [6, 6.07) is -0.321. The van der Waals surface area contributed by atoms with E-state index in [4.69, 9.17) is 4.74 Å². The van der Waals surface area contributed by atoms with Crippen LogP contribution in [0.3, 0.4) is 0 Å². The minimum atomic E-state index is -0.658. The van der Waals surface area contributed by atoms with Gasteiger partial charge in [0, 0.05) is 17.9 Å². The first kappa shape index (κ1) is 15.4. The molecule has 0 unspecified atom stereocenters. The van der Waals surface area contributed by atoms with Crippen molar-refractivity contribution in [2.45, 2.75) is 43.6 Å². The number of nitrogens with zero attached hydrogens (tertiary/aromatic N) is 1. The van der Waals surface area contributed by atoms with Crippen LogP contribution in [0.2, 0.25) is 0 Å². The minimum Gasteiger partial charge on any atom is -0.394 e. The van der Waals surface area contributed by atoms with Gasteiger partial charge in [-0.15, -0.1) is 11.3 Å². The van der Waals surface area contributed by atoms with Crippen molar-refractivity contribution in [3.63, 3.8) is 0 Å². The maximum atomic E-state index is 12.2. The fourth-order valence-corrected chi connectivity index (χ4v) is 5.13. The summed E-state index contributed by atoms with van der Waals surface area (Å²) in [5, 5.41) is 17.9. The third kappa shape index (κ3) is 2.97. The summed E-state index contributed by atoms with van der Waals surface area (Å²) in [5.41, 5.74) is 0.480. The molecule has 2 aliphatic carbocycles. The van der Waals surface area contributed by atoms with E-state index >= 15 is 0 Å². The van der Waals surface area contributed by atoms with Crippen molar-refractivity contribution in [2.75, 3.05) is 25.1 Å². The number of hydrogen-bond donors (Lipinski definition) is 3. The molecule has 1 aromatic rings. The van der Waals surface area contributed by atoms with Gasteiger partial charge in [-0.25, -0.2) is 9.78 Å². The van der Waals surface area contributed by atoms with E-state index in [1.807, 2.05) is 0 Å². The van der Waals surface area contributed by atoms with Gasteiger partial charge in [0.1, 0.15) is 0 Å². The largest absolute Gasteiger partial charge is 0.394 e. The predicted octanol–water partition coefficient (Wildman–Crippen LogP) is 2.32. The zero-order valence-electron chi connectivity index (χ0n) is 13.1. The number of aromatic nitrogens is 1. The highest BCUT2D eigenvalue weighted by atomic mass is 32.1. The van der Waals surface area contributed by atoms with Gasteiger partial charge in [-0.05, 0) is 37.5 Å². The van der Waals surface area contributed by atoms with Crippen molar-refractivity contribution < 1.29 is 14.6 Å². The first-order valence-electron chi connectivity index (χ1n) is 8.41. The summed E-state index contributed by atoms with van der Waals surface area (Å²) < 4.78 is 5.29. The number of amides is 2. The topological polar surface area (TPSA) is 83.5 Å². The minimum absolute atomic E-state index is 0.116. The fourth-order valence-electron chi connectivity index (χ4n) is 4.36. The molecule has 0 radical (unpaired) electrons. The van der Waals surface area contributed by atoms with Crippen LogP contribution in [0.5, 0.6) is 0 Å². The number of urea groups is 1. The molecule has 2 amide bonds. The van der Waals surface area contributed by atoms with Gasteiger partial charge in [0.15, 0.2) is 5.13 Å². The highest BCUT2D eigenvalue weighted by Gasteiger charge is 2.41. The number of fused-ring (bicyclic) bond motifs is 2. The van der Waals surface area contributed by atoms with Crippen molar-refractivity contribution in [3.05, 3.63) is 11.1 Å². The van der Waals surface area contributed by atoms with Crippen LogP contribution < -0.4 is 10.6 Å². The molecule has 2 saturated carbocycles. The number of thiazole rings is 1. The maximum Gasteiger partial charge on any atom is 0.321 e. The van der Waals surface area contributed by atoms with E-state index in [0.717, 1.165) is 17.5 Å². The highest BCUT2D eigenvalue weighted by Crippen LogP contribution is 2.52. The van der Waals surface area contributed by atoms with Crippen LogP contribution in [0.15, 0.2) is 5.38 Å². The summed E-state index contributed by atoms with van der Waals surface area (Å²) in [5.74, 6) is 2.26. The average Bonchev–Trinajstić information content (AvgIpc) is 3.31. The van der Waals surface area contributed by atoms with E-state index in [9.17, 15) is 9.90 Å². The lowest BCUT2D eigenvalue weighted by molar-refractivity contribution is 0.126. The van der Waals surface area contributed by atoms with Crippen molar-refractivity contribution in [3.8, 4) is 0 Å². The Morgan fingerprint density at radius 1 is 1.48 bits per heavy atom. The molecule has 2 heterocycles. The lowest BCUT2D eigenvalue weighted by Gasteiger charge is -2.25. The lowest BCUT2D eigenvalue weighted by Crippen LogP contribution is -2.53. The molecule has 3 N–H and O–H groups in total. The normalized spacial score (nSPS) is 35.6. The molecule has 3 fully saturated rings. The Bertz CT molecular complexity index is 585. The number of carbonyl (C=O) groups excluding carboxylic acids is 1.